The predicted octanol–water partition coefficient (Wildman–Crippen LogP) is 4.29. The van der Waals surface area contributed by atoms with Crippen molar-refractivity contribution in [3.63, 3.8) is 0 Å². The first-order valence-corrected chi connectivity index (χ1v) is 10.8. The Balaban J connectivity index is 1.51. The van der Waals surface area contributed by atoms with E-state index in [2.05, 4.69) is 74.4 Å². The monoisotopic (exact) mass is 424 g/mol. The standard InChI is InChI=1S/C24H24N8/c1-4-6-20-27-21-15(2)13-16(3)26-24(21)32(20)14-17-8-10-18(11-9-17)19-7-5-12-25-22(19)23-28-30-31-29-23/h5,7-13H,4,6,14H2,1-3H3,(H,28,29,30,31). The number of aryl methyl sites for hydroxylation is 3. The van der Waals surface area contributed by atoms with Gasteiger partial charge in [-0.1, -0.05) is 37.3 Å². The van der Waals surface area contributed by atoms with E-state index in [9.17, 15) is 0 Å². The molecule has 0 spiro atoms. The van der Waals surface area contributed by atoms with Crippen LogP contribution in [0.25, 0.3) is 33.8 Å². The molecule has 0 unspecified atom stereocenters. The number of aromatic nitrogens is 8. The molecule has 160 valence electrons. The van der Waals surface area contributed by atoms with Crippen molar-refractivity contribution in [3.8, 4) is 22.6 Å². The highest BCUT2D eigenvalue weighted by atomic mass is 15.5. The Hall–Kier alpha value is -3.94. The molecule has 0 radical (unpaired) electrons. The van der Waals surface area contributed by atoms with Gasteiger partial charge in [-0.3, -0.25) is 4.98 Å². The molecule has 32 heavy (non-hydrogen) atoms. The Morgan fingerprint density at radius 2 is 1.88 bits per heavy atom. The number of nitrogens with zero attached hydrogens (tertiary/aromatic N) is 7. The lowest BCUT2D eigenvalue weighted by atomic mass is 10.0. The van der Waals surface area contributed by atoms with Crippen LogP contribution in [0.1, 0.15) is 36.0 Å². The molecule has 4 heterocycles. The third-order valence-corrected chi connectivity index (χ3v) is 5.56. The van der Waals surface area contributed by atoms with Crippen molar-refractivity contribution in [2.75, 3.05) is 0 Å². The molecule has 5 rings (SSSR count). The number of aromatic amines is 1. The minimum atomic E-state index is 0.551. The van der Waals surface area contributed by atoms with Gasteiger partial charge in [-0.05, 0) is 59.5 Å². The van der Waals surface area contributed by atoms with Crippen molar-refractivity contribution in [1.29, 1.82) is 0 Å². The SMILES string of the molecule is CCCc1nc2c(C)cc(C)nc2n1Cc1ccc(-c2cccnc2-c2nnn[nH]2)cc1. The van der Waals surface area contributed by atoms with Crippen LogP contribution in [-0.4, -0.2) is 40.1 Å². The Labute approximate surface area is 185 Å². The number of benzene rings is 1. The van der Waals surface area contributed by atoms with Crippen LogP contribution in [0.3, 0.4) is 0 Å². The summed E-state index contributed by atoms with van der Waals surface area (Å²) in [4.78, 5) is 14.2. The Morgan fingerprint density at radius 3 is 2.62 bits per heavy atom. The minimum Gasteiger partial charge on any atom is -0.308 e. The van der Waals surface area contributed by atoms with E-state index in [1.165, 1.54) is 11.1 Å². The van der Waals surface area contributed by atoms with Crippen LogP contribution >= 0.6 is 0 Å². The molecule has 5 aromatic rings. The van der Waals surface area contributed by atoms with E-state index >= 15 is 0 Å². The molecule has 1 N–H and O–H groups in total. The van der Waals surface area contributed by atoms with Crippen LogP contribution in [0, 0.1) is 13.8 Å². The van der Waals surface area contributed by atoms with Gasteiger partial charge < -0.3 is 4.57 Å². The van der Waals surface area contributed by atoms with Crippen molar-refractivity contribution in [3.05, 3.63) is 71.3 Å². The van der Waals surface area contributed by atoms with Gasteiger partial charge >= 0.3 is 0 Å². The van der Waals surface area contributed by atoms with Crippen molar-refractivity contribution >= 4 is 11.2 Å². The first-order chi connectivity index (χ1) is 15.6. The molecule has 4 aromatic heterocycles. The number of imidazole rings is 1. The van der Waals surface area contributed by atoms with Crippen molar-refractivity contribution in [2.45, 2.75) is 40.2 Å². The van der Waals surface area contributed by atoms with Gasteiger partial charge in [0.25, 0.3) is 0 Å². The van der Waals surface area contributed by atoms with E-state index in [1.807, 2.05) is 19.1 Å². The number of fused-ring (bicyclic) bond motifs is 1. The summed E-state index contributed by atoms with van der Waals surface area (Å²) >= 11 is 0. The van der Waals surface area contributed by atoms with E-state index in [4.69, 9.17) is 9.97 Å². The van der Waals surface area contributed by atoms with Gasteiger partial charge in [0.05, 0.1) is 6.54 Å². The lowest BCUT2D eigenvalue weighted by Crippen LogP contribution is -2.06. The number of pyridine rings is 2. The molecule has 8 heteroatoms. The molecule has 0 fully saturated rings. The van der Waals surface area contributed by atoms with E-state index in [-0.39, 0.29) is 0 Å². The number of hydrogen-bond acceptors (Lipinski definition) is 6. The average molecular weight is 425 g/mol. The molecule has 0 aliphatic rings. The van der Waals surface area contributed by atoms with E-state index in [0.717, 1.165) is 58.9 Å². The van der Waals surface area contributed by atoms with E-state index in [0.29, 0.717) is 5.82 Å². The topological polar surface area (TPSA) is 98.1 Å². The maximum absolute atomic E-state index is 4.91. The quantitative estimate of drug-likeness (QED) is 0.437. The predicted molar refractivity (Wildman–Crippen MR) is 123 cm³/mol. The highest BCUT2D eigenvalue weighted by Crippen LogP contribution is 2.28. The summed E-state index contributed by atoms with van der Waals surface area (Å²) in [7, 11) is 0. The van der Waals surface area contributed by atoms with Gasteiger partial charge in [0.2, 0.25) is 0 Å². The van der Waals surface area contributed by atoms with Gasteiger partial charge in [0.15, 0.2) is 11.5 Å². The molecule has 0 bridgehead atoms. The first kappa shape index (κ1) is 20.0. The summed E-state index contributed by atoms with van der Waals surface area (Å²) in [5.41, 5.74) is 8.10. The molecule has 0 aliphatic heterocycles. The fraction of sp³-hybridized carbons (Fsp3) is 0.250. The van der Waals surface area contributed by atoms with Crippen LogP contribution in [-0.2, 0) is 13.0 Å². The maximum Gasteiger partial charge on any atom is 0.198 e. The first-order valence-electron chi connectivity index (χ1n) is 10.8. The number of tetrazole rings is 1. The zero-order valence-electron chi connectivity index (χ0n) is 18.4. The fourth-order valence-electron chi connectivity index (χ4n) is 4.09. The highest BCUT2D eigenvalue weighted by molar-refractivity contribution is 5.78. The normalized spacial score (nSPS) is 11.3. The Kier molecular flexibility index (Phi) is 5.18. The van der Waals surface area contributed by atoms with Gasteiger partial charge in [-0.25, -0.2) is 15.1 Å². The van der Waals surface area contributed by atoms with E-state index in [1.54, 1.807) is 6.20 Å². The number of H-pyrrole nitrogens is 1. The number of rotatable bonds is 6. The largest absolute Gasteiger partial charge is 0.308 e. The average Bonchev–Trinajstić information content (AvgIpc) is 3.44. The van der Waals surface area contributed by atoms with Crippen LogP contribution in [0.4, 0.5) is 0 Å². The summed E-state index contributed by atoms with van der Waals surface area (Å²) in [6, 6.07) is 14.6. The molecular weight excluding hydrogens is 400 g/mol. The second-order valence-electron chi connectivity index (χ2n) is 7.96. The molecule has 0 aliphatic carbocycles. The molecule has 0 amide bonds. The highest BCUT2D eigenvalue weighted by Gasteiger charge is 2.15. The molecule has 0 saturated heterocycles. The zero-order chi connectivity index (χ0) is 22.1. The summed E-state index contributed by atoms with van der Waals surface area (Å²) in [5, 5.41) is 14.2. The third-order valence-electron chi connectivity index (χ3n) is 5.56. The Bertz CT molecular complexity index is 1370. The van der Waals surface area contributed by atoms with Crippen molar-refractivity contribution in [2.24, 2.45) is 0 Å². The smallest absolute Gasteiger partial charge is 0.198 e. The zero-order valence-corrected chi connectivity index (χ0v) is 18.4. The summed E-state index contributed by atoms with van der Waals surface area (Å²) < 4.78 is 2.25. The van der Waals surface area contributed by atoms with Crippen LogP contribution < -0.4 is 0 Å². The van der Waals surface area contributed by atoms with Gasteiger partial charge in [0.1, 0.15) is 17.0 Å². The summed E-state index contributed by atoms with van der Waals surface area (Å²) in [6.45, 7) is 7.05. The van der Waals surface area contributed by atoms with E-state index < -0.39 is 0 Å². The molecule has 8 nitrogen and oxygen atoms in total. The molecule has 0 atom stereocenters. The second kappa shape index (κ2) is 8.30. The van der Waals surface area contributed by atoms with Crippen LogP contribution in [0.5, 0.6) is 0 Å². The van der Waals surface area contributed by atoms with Crippen molar-refractivity contribution < 1.29 is 0 Å². The lowest BCUT2D eigenvalue weighted by molar-refractivity contribution is 0.716. The minimum absolute atomic E-state index is 0.551. The molecule has 1 aromatic carbocycles. The number of nitrogens with one attached hydrogen (secondary N) is 1. The third kappa shape index (κ3) is 3.64. The molecule has 0 saturated carbocycles. The molecular formula is C24H24N8. The van der Waals surface area contributed by atoms with Crippen LogP contribution in [0.2, 0.25) is 0 Å². The lowest BCUT2D eigenvalue weighted by Gasteiger charge is -2.11. The van der Waals surface area contributed by atoms with Gasteiger partial charge in [0, 0.05) is 23.9 Å². The second-order valence-corrected chi connectivity index (χ2v) is 7.96. The van der Waals surface area contributed by atoms with Gasteiger partial charge in [-0.2, -0.15) is 0 Å². The van der Waals surface area contributed by atoms with Gasteiger partial charge in [-0.15, -0.1) is 5.10 Å². The maximum atomic E-state index is 4.91. The van der Waals surface area contributed by atoms with Crippen molar-refractivity contribution in [1.82, 2.24) is 40.1 Å². The summed E-state index contributed by atoms with van der Waals surface area (Å²) in [6.07, 6.45) is 3.71. The summed E-state index contributed by atoms with van der Waals surface area (Å²) in [5.74, 6) is 1.63. The number of hydrogen-bond donors (Lipinski definition) is 1. The van der Waals surface area contributed by atoms with Crippen LogP contribution in [0.15, 0.2) is 48.7 Å². The fourth-order valence-corrected chi connectivity index (χ4v) is 4.09. The Morgan fingerprint density at radius 1 is 1.03 bits per heavy atom.